The molecule has 0 radical (unpaired) electrons. The standard InChI is InChI=1S/C26H53NO2/c1-4-7-10-17-22-27(23-18-11-8-5-2,24-19-12-9-6-3)25-20-15-13-14-16-21-26(28)29/h4-25H2,1-3H3. The first-order valence-electron chi connectivity index (χ1n) is 13.1. The molecule has 0 fully saturated rings. The van der Waals surface area contributed by atoms with E-state index < -0.39 is 5.97 Å². The number of carbonyl (C=O) groups is 1. The van der Waals surface area contributed by atoms with Crippen LogP contribution in [-0.2, 0) is 4.79 Å². The van der Waals surface area contributed by atoms with E-state index in [0.29, 0.717) is 0 Å². The molecule has 0 atom stereocenters. The van der Waals surface area contributed by atoms with Crippen molar-refractivity contribution in [1.29, 1.82) is 0 Å². The van der Waals surface area contributed by atoms with E-state index in [1.807, 2.05) is 0 Å². The molecule has 0 saturated carbocycles. The molecule has 0 aromatic heterocycles. The van der Waals surface area contributed by atoms with Crippen molar-refractivity contribution in [3.8, 4) is 0 Å². The average molecular weight is 412 g/mol. The number of quaternary nitrogens is 1. The molecule has 0 aromatic rings. The van der Waals surface area contributed by atoms with Gasteiger partial charge in [-0.1, -0.05) is 72.1 Å². The van der Waals surface area contributed by atoms with Crippen LogP contribution in [0, 0.1) is 0 Å². The van der Waals surface area contributed by atoms with Crippen LogP contribution in [0.3, 0.4) is 0 Å². The van der Waals surface area contributed by atoms with Gasteiger partial charge in [-0.05, 0) is 64.2 Å². The maximum atomic E-state index is 10.5. The fourth-order valence-corrected chi connectivity index (χ4v) is 4.54. The van der Waals surface area contributed by atoms with Crippen molar-refractivity contribution in [1.82, 2.24) is 0 Å². The summed E-state index contributed by atoms with van der Waals surface area (Å²) in [7, 11) is 0. The molecule has 0 aliphatic carbocycles. The van der Waals surface area contributed by atoms with Crippen LogP contribution in [0.4, 0.5) is 0 Å². The molecule has 0 aliphatic heterocycles. The molecule has 0 N–H and O–H groups in total. The minimum absolute atomic E-state index is 0.228. The van der Waals surface area contributed by atoms with Crippen LogP contribution in [0.25, 0.3) is 0 Å². The lowest BCUT2D eigenvalue weighted by Crippen LogP contribution is -2.50. The van der Waals surface area contributed by atoms with Gasteiger partial charge in [0.2, 0.25) is 0 Å². The number of nitrogens with zero attached hydrogens (tertiary/aromatic N) is 1. The molecular weight excluding hydrogens is 358 g/mol. The van der Waals surface area contributed by atoms with Gasteiger partial charge in [0.15, 0.2) is 0 Å². The van der Waals surface area contributed by atoms with Crippen LogP contribution in [0.5, 0.6) is 0 Å². The largest absolute Gasteiger partial charge is 0.550 e. The Morgan fingerprint density at radius 1 is 0.517 bits per heavy atom. The normalized spacial score (nSPS) is 11.8. The van der Waals surface area contributed by atoms with Gasteiger partial charge in [0, 0.05) is 5.97 Å². The van der Waals surface area contributed by atoms with Gasteiger partial charge in [0.25, 0.3) is 0 Å². The summed E-state index contributed by atoms with van der Waals surface area (Å²) < 4.78 is 1.36. The molecule has 3 heteroatoms. The van der Waals surface area contributed by atoms with Crippen LogP contribution >= 0.6 is 0 Å². The number of aliphatic carboxylic acids is 1. The first-order chi connectivity index (χ1) is 14.1. The number of hydrogen-bond acceptors (Lipinski definition) is 2. The van der Waals surface area contributed by atoms with Crippen molar-refractivity contribution in [3.63, 3.8) is 0 Å². The van der Waals surface area contributed by atoms with E-state index in [4.69, 9.17) is 0 Å². The van der Waals surface area contributed by atoms with Gasteiger partial charge >= 0.3 is 0 Å². The summed E-state index contributed by atoms with van der Waals surface area (Å²) in [5.41, 5.74) is 0. The van der Waals surface area contributed by atoms with E-state index in [1.54, 1.807) is 0 Å². The zero-order valence-electron chi connectivity index (χ0n) is 20.3. The molecular formula is C26H53NO2. The lowest BCUT2D eigenvalue weighted by atomic mass is 10.1. The Kier molecular flexibility index (Phi) is 20.3. The summed E-state index contributed by atoms with van der Waals surface area (Å²) in [6.07, 6.45) is 22.2. The fraction of sp³-hybridized carbons (Fsp3) is 0.962. The van der Waals surface area contributed by atoms with E-state index in [1.165, 1.54) is 127 Å². The third-order valence-electron chi connectivity index (χ3n) is 6.47. The SMILES string of the molecule is CCCCCC[N+](CCCCCC)(CCCCCC)CCCCCCCC(=O)[O-]. The van der Waals surface area contributed by atoms with Gasteiger partial charge in [0.05, 0.1) is 26.2 Å². The van der Waals surface area contributed by atoms with E-state index >= 15 is 0 Å². The monoisotopic (exact) mass is 411 g/mol. The third kappa shape index (κ3) is 18.0. The molecule has 0 unspecified atom stereocenters. The van der Waals surface area contributed by atoms with Crippen molar-refractivity contribution in [2.45, 2.75) is 136 Å². The Balaban J connectivity index is 4.60. The van der Waals surface area contributed by atoms with Crippen LogP contribution < -0.4 is 5.11 Å². The number of hydrogen-bond donors (Lipinski definition) is 0. The smallest absolute Gasteiger partial charge is 0.0786 e. The van der Waals surface area contributed by atoms with Crippen molar-refractivity contribution >= 4 is 5.97 Å². The number of carbonyl (C=O) groups excluding carboxylic acids is 1. The van der Waals surface area contributed by atoms with Crippen molar-refractivity contribution in [2.24, 2.45) is 0 Å². The van der Waals surface area contributed by atoms with E-state index in [2.05, 4.69) is 20.8 Å². The predicted octanol–water partition coefficient (Wildman–Crippen LogP) is 6.63. The summed E-state index contributed by atoms with van der Waals surface area (Å²) in [5.74, 6) is -0.896. The number of carboxylic acid groups (broad SMARTS) is 1. The molecule has 0 bridgehead atoms. The van der Waals surface area contributed by atoms with Crippen LogP contribution in [-0.4, -0.2) is 36.6 Å². The Labute approximate surface area is 183 Å². The first kappa shape index (κ1) is 28.4. The third-order valence-corrected chi connectivity index (χ3v) is 6.47. The van der Waals surface area contributed by atoms with Crippen molar-refractivity contribution in [2.75, 3.05) is 26.2 Å². The Morgan fingerprint density at radius 3 is 1.17 bits per heavy atom. The molecule has 174 valence electrons. The Bertz CT molecular complexity index is 325. The van der Waals surface area contributed by atoms with Crippen LogP contribution in [0.1, 0.15) is 136 Å². The van der Waals surface area contributed by atoms with Gasteiger partial charge in [-0.25, -0.2) is 0 Å². The summed E-state index contributed by atoms with van der Waals surface area (Å²) in [6.45, 7) is 12.4. The highest BCUT2D eigenvalue weighted by Crippen LogP contribution is 2.19. The highest BCUT2D eigenvalue weighted by molar-refractivity contribution is 5.63. The van der Waals surface area contributed by atoms with Gasteiger partial charge in [-0.3, -0.25) is 0 Å². The highest BCUT2D eigenvalue weighted by atomic mass is 16.4. The molecule has 0 aromatic carbocycles. The lowest BCUT2D eigenvalue weighted by Gasteiger charge is -2.39. The molecule has 0 spiro atoms. The zero-order valence-corrected chi connectivity index (χ0v) is 20.3. The van der Waals surface area contributed by atoms with Gasteiger partial charge < -0.3 is 14.4 Å². The van der Waals surface area contributed by atoms with E-state index in [0.717, 1.165) is 12.8 Å². The molecule has 29 heavy (non-hydrogen) atoms. The molecule has 3 nitrogen and oxygen atoms in total. The second-order valence-electron chi connectivity index (χ2n) is 9.31. The number of carboxylic acids is 1. The summed E-state index contributed by atoms with van der Waals surface area (Å²) in [4.78, 5) is 10.5. The maximum Gasteiger partial charge on any atom is 0.0786 e. The zero-order chi connectivity index (χ0) is 21.6. The van der Waals surface area contributed by atoms with Gasteiger partial charge in [0.1, 0.15) is 0 Å². The van der Waals surface area contributed by atoms with Crippen molar-refractivity contribution < 1.29 is 14.4 Å². The fourth-order valence-electron chi connectivity index (χ4n) is 4.54. The summed E-state index contributed by atoms with van der Waals surface area (Å²) in [5, 5.41) is 10.5. The van der Waals surface area contributed by atoms with E-state index in [9.17, 15) is 9.90 Å². The number of rotatable bonds is 23. The predicted molar refractivity (Wildman–Crippen MR) is 125 cm³/mol. The molecule has 0 heterocycles. The minimum Gasteiger partial charge on any atom is -0.550 e. The second kappa shape index (κ2) is 20.7. The molecule has 0 amide bonds. The van der Waals surface area contributed by atoms with Crippen LogP contribution in [0.2, 0.25) is 0 Å². The Hall–Kier alpha value is -0.570. The topological polar surface area (TPSA) is 40.1 Å². The number of unbranched alkanes of at least 4 members (excludes halogenated alkanes) is 13. The minimum atomic E-state index is -0.896. The molecule has 0 rings (SSSR count). The quantitative estimate of drug-likeness (QED) is 0.140. The summed E-state index contributed by atoms with van der Waals surface area (Å²) in [6, 6.07) is 0. The van der Waals surface area contributed by atoms with Crippen molar-refractivity contribution in [3.05, 3.63) is 0 Å². The maximum absolute atomic E-state index is 10.5. The molecule has 0 aliphatic rings. The van der Waals surface area contributed by atoms with Gasteiger partial charge in [-0.15, -0.1) is 0 Å². The summed E-state index contributed by atoms with van der Waals surface area (Å²) >= 11 is 0. The van der Waals surface area contributed by atoms with Gasteiger partial charge in [-0.2, -0.15) is 0 Å². The van der Waals surface area contributed by atoms with Crippen LogP contribution in [0.15, 0.2) is 0 Å². The molecule has 0 saturated heterocycles. The lowest BCUT2D eigenvalue weighted by molar-refractivity contribution is -0.929. The van der Waals surface area contributed by atoms with E-state index in [-0.39, 0.29) is 6.42 Å². The second-order valence-corrected chi connectivity index (χ2v) is 9.31. The Morgan fingerprint density at radius 2 is 0.828 bits per heavy atom. The average Bonchev–Trinajstić information content (AvgIpc) is 2.71. The first-order valence-corrected chi connectivity index (χ1v) is 13.1. The highest BCUT2D eigenvalue weighted by Gasteiger charge is 2.25.